The monoisotopic (exact) mass is 372 g/mol. The summed E-state index contributed by atoms with van der Waals surface area (Å²) >= 11 is 0. The second-order valence-electron chi connectivity index (χ2n) is 7.45. The minimum absolute atomic E-state index is 0.102. The van der Waals surface area contributed by atoms with E-state index in [-0.39, 0.29) is 18.0 Å². The molecule has 0 spiro atoms. The third-order valence-corrected chi connectivity index (χ3v) is 5.92. The van der Waals surface area contributed by atoms with Crippen LogP contribution in [0.4, 0.5) is 10.5 Å². The molecular formula is C20H28N4O3. The number of rotatable bonds is 2. The first-order valence-corrected chi connectivity index (χ1v) is 9.90. The molecule has 3 aliphatic heterocycles. The number of hydrogen-bond donors (Lipinski definition) is 0. The molecule has 27 heavy (non-hydrogen) atoms. The molecule has 0 N–H and O–H groups in total. The zero-order valence-electron chi connectivity index (χ0n) is 16.0. The molecule has 1 unspecified atom stereocenters. The fourth-order valence-corrected chi connectivity index (χ4v) is 4.20. The molecule has 4 rings (SSSR count). The Morgan fingerprint density at radius 1 is 0.926 bits per heavy atom. The molecule has 0 radical (unpaired) electrons. The molecule has 0 aliphatic carbocycles. The highest BCUT2D eigenvalue weighted by Crippen LogP contribution is 2.28. The number of carbonyl (C=O) groups is 2. The van der Waals surface area contributed by atoms with Crippen LogP contribution in [0.3, 0.4) is 0 Å². The van der Waals surface area contributed by atoms with Crippen LogP contribution in [0.2, 0.25) is 0 Å². The molecule has 7 nitrogen and oxygen atoms in total. The second kappa shape index (κ2) is 7.86. The number of urea groups is 1. The van der Waals surface area contributed by atoms with Gasteiger partial charge in [0.05, 0.1) is 19.3 Å². The zero-order chi connectivity index (χ0) is 18.8. The van der Waals surface area contributed by atoms with Gasteiger partial charge in [-0.05, 0) is 25.0 Å². The van der Waals surface area contributed by atoms with Crippen LogP contribution in [0.5, 0.6) is 0 Å². The van der Waals surface area contributed by atoms with E-state index in [0.717, 1.165) is 31.7 Å². The van der Waals surface area contributed by atoms with Crippen molar-refractivity contribution in [3.8, 4) is 0 Å². The molecule has 1 aromatic carbocycles. The average molecular weight is 372 g/mol. The van der Waals surface area contributed by atoms with Crippen molar-refractivity contribution in [2.45, 2.75) is 19.4 Å². The maximum absolute atomic E-state index is 13.1. The molecule has 1 atom stereocenters. The highest BCUT2D eigenvalue weighted by Gasteiger charge is 2.33. The molecular weight excluding hydrogens is 344 g/mol. The molecule has 3 amide bonds. The van der Waals surface area contributed by atoms with E-state index in [1.165, 1.54) is 5.56 Å². The average Bonchev–Trinajstić information content (AvgIpc) is 3.17. The maximum Gasteiger partial charge on any atom is 0.320 e. The largest absolute Gasteiger partial charge is 0.378 e. The van der Waals surface area contributed by atoms with Crippen LogP contribution >= 0.6 is 0 Å². The number of amides is 3. The lowest BCUT2D eigenvalue weighted by Crippen LogP contribution is -2.58. The van der Waals surface area contributed by atoms with Crippen LogP contribution in [-0.2, 0) is 16.0 Å². The molecule has 0 aromatic heterocycles. The summed E-state index contributed by atoms with van der Waals surface area (Å²) in [4.78, 5) is 33.6. The lowest BCUT2D eigenvalue weighted by atomic mass is 10.1. The Morgan fingerprint density at radius 2 is 1.59 bits per heavy atom. The minimum atomic E-state index is -0.170. The maximum atomic E-state index is 13.1. The van der Waals surface area contributed by atoms with E-state index >= 15 is 0 Å². The topological polar surface area (TPSA) is 56.3 Å². The summed E-state index contributed by atoms with van der Waals surface area (Å²) < 4.78 is 5.32. The third-order valence-electron chi connectivity index (χ3n) is 5.92. The van der Waals surface area contributed by atoms with Crippen molar-refractivity contribution in [2.75, 3.05) is 63.9 Å². The molecule has 2 saturated heterocycles. The van der Waals surface area contributed by atoms with E-state index in [1.807, 2.05) is 39.8 Å². The van der Waals surface area contributed by atoms with Gasteiger partial charge in [0.2, 0.25) is 5.91 Å². The Balaban J connectivity index is 1.33. The number of fused-ring (bicyclic) bond motifs is 1. The Hall–Kier alpha value is -2.12. The van der Waals surface area contributed by atoms with Crippen LogP contribution in [0, 0.1) is 0 Å². The van der Waals surface area contributed by atoms with Gasteiger partial charge in [0.1, 0.15) is 0 Å². The van der Waals surface area contributed by atoms with Crippen LogP contribution in [-0.4, -0.2) is 91.7 Å². The molecule has 146 valence electrons. The van der Waals surface area contributed by atoms with Crippen molar-refractivity contribution in [1.29, 1.82) is 0 Å². The van der Waals surface area contributed by atoms with E-state index in [0.29, 0.717) is 39.4 Å². The number of anilines is 1. The molecule has 0 saturated carbocycles. The van der Waals surface area contributed by atoms with Crippen LogP contribution in [0.25, 0.3) is 0 Å². The summed E-state index contributed by atoms with van der Waals surface area (Å²) in [7, 11) is 0. The molecule has 0 bridgehead atoms. The molecule has 2 fully saturated rings. The van der Waals surface area contributed by atoms with E-state index in [2.05, 4.69) is 11.0 Å². The first-order chi connectivity index (χ1) is 13.1. The molecule has 3 aliphatic rings. The molecule has 3 heterocycles. The summed E-state index contributed by atoms with van der Waals surface area (Å²) in [5, 5.41) is 0. The first kappa shape index (κ1) is 18.3. The predicted molar refractivity (Wildman–Crippen MR) is 103 cm³/mol. The van der Waals surface area contributed by atoms with E-state index in [4.69, 9.17) is 4.74 Å². The van der Waals surface area contributed by atoms with Gasteiger partial charge in [-0.2, -0.15) is 0 Å². The van der Waals surface area contributed by atoms with E-state index in [1.54, 1.807) is 0 Å². The Bertz CT molecular complexity index is 696. The van der Waals surface area contributed by atoms with Gasteiger partial charge in [-0.1, -0.05) is 18.2 Å². The molecule has 1 aromatic rings. The lowest BCUT2D eigenvalue weighted by molar-refractivity contribution is -0.123. The third kappa shape index (κ3) is 3.66. The van der Waals surface area contributed by atoms with Crippen LogP contribution in [0.1, 0.15) is 12.5 Å². The van der Waals surface area contributed by atoms with Crippen molar-refractivity contribution in [3.63, 3.8) is 0 Å². The highest BCUT2D eigenvalue weighted by atomic mass is 16.5. The normalized spacial score (nSPS) is 21.9. The van der Waals surface area contributed by atoms with Crippen molar-refractivity contribution < 1.29 is 14.3 Å². The fourth-order valence-electron chi connectivity index (χ4n) is 4.20. The SMILES string of the molecule is CC(C(=O)N1CCc2ccccc21)N1CCN(C(=O)N2CCOCC2)CC1. The lowest BCUT2D eigenvalue weighted by Gasteiger charge is -2.40. The highest BCUT2D eigenvalue weighted by molar-refractivity contribution is 5.98. The van der Waals surface area contributed by atoms with Gasteiger partial charge in [0, 0.05) is 51.5 Å². The van der Waals surface area contributed by atoms with Crippen molar-refractivity contribution >= 4 is 17.6 Å². The summed E-state index contributed by atoms with van der Waals surface area (Å²) in [5.74, 6) is 0.160. The van der Waals surface area contributed by atoms with Crippen LogP contribution in [0.15, 0.2) is 24.3 Å². The van der Waals surface area contributed by atoms with E-state index < -0.39 is 0 Å². The summed E-state index contributed by atoms with van der Waals surface area (Å²) in [6.07, 6.45) is 0.927. The standard InChI is InChI=1S/C20H28N4O3/c1-16(19(25)24-7-6-17-4-2-3-5-18(17)24)21-8-10-22(11-9-21)20(26)23-12-14-27-15-13-23/h2-5,16H,6-15H2,1H3. The number of morpholine rings is 1. The van der Waals surface area contributed by atoms with Gasteiger partial charge in [0.25, 0.3) is 0 Å². The van der Waals surface area contributed by atoms with Gasteiger partial charge in [0.15, 0.2) is 0 Å². The first-order valence-electron chi connectivity index (χ1n) is 9.90. The fraction of sp³-hybridized carbons (Fsp3) is 0.600. The summed E-state index contributed by atoms with van der Waals surface area (Å²) in [5.41, 5.74) is 2.30. The second-order valence-corrected chi connectivity index (χ2v) is 7.45. The number of carbonyl (C=O) groups excluding carboxylic acids is 2. The number of para-hydroxylation sites is 1. The Morgan fingerprint density at radius 3 is 2.33 bits per heavy atom. The zero-order valence-corrected chi connectivity index (χ0v) is 16.0. The van der Waals surface area contributed by atoms with Crippen molar-refractivity contribution in [1.82, 2.24) is 14.7 Å². The summed E-state index contributed by atoms with van der Waals surface area (Å²) in [6, 6.07) is 8.09. The minimum Gasteiger partial charge on any atom is -0.378 e. The van der Waals surface area contributed by atoms with Crippen LogP contribution < -0.4 is 4.90 Å². The van der Waals surface area contributed by atoms with Gasteiger partial charge in [-0.3, -0.25) is 9.69 Å². The van der Waals surface area contributed by atoms with Gasteiger partial charge < -0.3 is 19.4 Å². The van der Waals surface area contributed by atoms with Gasteiger partial charge in [-0.25, -0.2) is 4.79 Å². The predicted octanol–water partition coefficient (Wildman–Crippen LogP) is 1.03. The number of ether oxygens (including phenoxy) is 1. The number of benzene rings is 1. The summed E-state index contributed by atoms with van der Waals surface area (Å²) in [6.45, 7) is 8.14. The number of hydrogen-bond acceptors (Lipinski definition) is 4. The number of nitrogens with zero attached hydrogens (tertiary/aromatic N) is 4. The van der Waals surface area contributed by atoms with Gasteiger partial charge in [-0.15, -0.1) is 0 Å². The van der Waals surface area contributed by atoms with Gasteiger partial charge >= 0.3 is 6.03 Å². The quantitative estimate of drug-likeness (QED) is 0.778. The Kier molecular flexibility index (Phi) is 5.31. The van der Waals surface area contributed by atoms with Crippen molar-refractivity contribution in [2.24, 2.45) is 0 Å². The Labute approximate surface area is 160 Å². The number of piperazine rings is 1. The smallest absolute Gasteiger partial charge is 0.320 e. The van der Waals surface area contributed by atoms with E-state index in [9.17, 15) is 9.59 Å². The van der Waals surface area contributed by atoms with Crippen molar-refractivity contribution in [3.05, 3.63) is 29.8 Å². The molecule has 7 heteroatoms.